The summed E-state index contributed by atoms with van der Waals surface area (Å²) in [5, 5.41) is 0. The number of phosphoric acid groups is 2. The number of hydrogen-bond acceptors (Lipinski definition) is 6. The minimum atomic E-state index is -5.55. The molecule has 0 aromatic rings. The van der Waals surface area contributed by atoms with Crippen LogP contribution in [-0.2, 0) is 13.4 Å². The molecule has 0 rings (SSSR count). The van der Waals surface area contributed by atoms with Crippen molar-refractivity contribution in [1.29, 1.82) is 0 Å². The van der Waals surface area contributed by atoms with Crippen molar-refractivity contribution in [3.8, 4) is 0 Å². The second-order valence-corrected chi connectivity index (χ2v) is 3.55. The first-order valence-corrected chi connectivity index (χ1v) is 4.49. The van der Waals surface area contributed by atoms with Crippen molar-refractivity contribution >= 4 is 28.1 Å². The van der Waals surface area contributed by atoms with E-state index in [0.29, 0.717) is 0 Å². The van der Waals surface area contributed by atoms with E-state index in [-0.39, 0.29) is 77.7 Å². The maximum Gasteiger partial charge on any atom is 1.00 e. The Morgan fingerprint density at radius 3 is 1.31 bits per heavy atom. The zero-order chi connectivity index (χ0) is 7.71. The quantitative estimate of drug-likeness (QED) is 0.330. The Kier molecular flexibility index (Phi) is 25.0. The largest absolute Gasteiger partial charge is 1.00 e. The molecule has 0 atom stereocenters. The second kappa shape index (κ2) is 11.0. The summed E-state index contributed by atoms with van der Waals surface area (Å²) in [6, 6.07) is 0. The van der Waals surface area contributed by atoms with Crippen LogP contribution < -0.4 is 75.1 Å². The molecule has 0 saturated carbocycles. The average molecular weight is 275 g/mol. The van der Waals surface area contributed by atoms with Gasteiger partial charge in [-0.3, -0.25) is 4.31 Å². The third-order valence-corrected chi connectivity index (χ3v) is 1.86. The molecular formula is H6ClNNa2O7P2. The molecule has 0 radical (unpaired) electrons. The van der Waals surface area contributed by atoms with E-state index in [9.17, 15) is 18.9 Å². The molecule has 0 fully saturated rings. The maximum absolute atomic E-state index is 9.55. The van der Waals surface area contributed by atoms with Crippen LogP contribution in [0.4, 0.5) is 0 Å². The first-order valence-electron chi connectivity index (χ1n) is 1.50. The summed E-state index contributed by atoms with van der Waals surface area (Å²) in [4.78, 5) is 34.1. The monoisotopic (exact) mass is 275 g/mol. The molecule has 0 unspecified atom stereocenters. The van der Waals surface area contributed by atoms with E-state index >= 15 is 0 Å². The molecule has 0 spiro atoms. The summed E-state index contributed by atoms with van der Waals surface area (Å²) in [7, 11) is -10.7. The van der Waals surface area contributed by atoms with Crippen LogP contribution in [0.1, 0.15) is 0 Å². The molecule has 8 nitrogen and oxygen atoms in total. The van der Waals surface area contributed by atoms with Crippen molar-refractivity contribution in [1.82, 2.24) is 6.15 Å². The minimum absolute atomic E-state index is 0. The molecule has 0 amide bonds. The van der Waals surface area contributed by atoms with E-state index in [4.69, 9.17) is 9.79 Å². The van der Waals surface area contributed by atoms with Crippen LogP contribution in [0.2, 0.25) is 0 Å². The molecule has 72 valence electrons. The first-order chi connectivity index (χ1) is 3.71. The normalized spacial score (nSPS) is 9.54. The van der Waals surface area contributed by atoms with Crippen LogP contribution in [0.5, 0.6) is 0 Å². The van der Waals surface area contributed by atoms with Gasteiger partial charge in [0.2, 0.25) is 0 Å². The van der Waals surface area contributed by atoms with Crippen molar-refractivity contribution in [3.63, 3.8) is 0 Å². The van der Waals surface area contributed by atoms with E-state index in [1.165, 1.54) is 0 Å². The van der Waals surface area contributed by atoms with Gasteiger partial charge < -0.3 is 30.3 Å². The van der Waals surface area contributed by atoms with E-state index in [1.807, 2.05) is 0 Å². The van der Waals surface area contributed by atoms with Crippen molar-refractivity contribution in [3.05, 3.63) is 0 Å². The van der Waals surface area contributed by atoms with Gasteiger partial charge in [0.1, 0.15) is 0 Å². The third-order valence-electron chi connectivity index (χ3n) is 0.206. The van der Waals surface area contributed by atoms with Crippen LogP contribution in [0.15, 0.2) is 0 Å². The predicted molar refractivity (Wildman–Crippen MR) is 33.0 cm³/mol. The molecule has 13 heteroatoms. The number of hydrogen-bond donors (Lipinski definition) is 3. The van der Waals surface area contributed by atoms with Crippen molar-refractivity contribution in [2.24, 2.45) is 0 Å². The number of rotatable bonds is 2. The van der Waals surface area contributed by atoms with Crippen LogP contribution in [0.25, 0.3) is 0 Å². The molecule has 13 heavy (non-hydrogen) atoms. The van der Waals surface area contributed by atoms with Crippen molar-refractivity contribution in [2.45, 2.75) is 0 Å². The van der Waals surface area contributed by atoms with Gasteiger partial charge in [0.25, 0.3) is 0 Å². The minimum Gasteiger partial charge on any atom is -0.789 e. The summed E-state index contributed by atoms with van der Waals surface area (Å²) in [5.41, 5.74) is 0. The molecule has 0 aliphatic heterocycles. The summed E-state index contributed by atoms with van der Waals surface area (Å²) < 4.78 is 21.7. The van der Waals surface area contributed by atoms with Gasteiger partial charge in [0.15, 0.2) is 0 Å². The Hall–Kier alpha value is 2.51. The standard InChI is InChI=1S/ClH.H3N.2Na.H4O7P2/c;;;;1-8(2,3)7-9(4,5)6/h1H;1H3;;;(H2,1,2,3)(H2,4,5,6)/q;;2*+1;/p-2. The Bertz CT molecular complexity index is 165. The molecule has 0 heterocycles. The maximum atomic E-state index is 9.55. The van der Waals surface area contributed by atoms with Gasteiger partial charge in [-0.15, -0.1) is 12.4 Å². The fraction of sp³-hybridized carbons (Fsp3) is 0. The predicted octanol–water partition coefficient (Wildman–Crippen LogP) is -7.48. The van der Waals surface area contributed by atoms with Gasteiger partial charge in [-0.1, -0.05) is 0 Å². The topological polar surface area (TPSA) is 165 Å². The van der Waals surface area contributed by atoms with Crippen molar-refractivity contribution in [2.75, 3.05) is 0 Å². The van der Waals surface area contributed by atoms with E-state index < -0.39 is 15.6 Å². The Balaban J connectivity index is -0.0000000533. The molecule has 0 aliphatic rings. The van der Waals surface area contributed by atoms with Gasteiger partial charge in [0, 0.05) is 0 Å². The Morgan fingerprint density at radius 2 is 1.31 bits per heavy atom. The van der Waals surface area contributed by atoms with Gasteiger partial charge in [-0.25, -0.2) is 4.57 Å². The van der Waals surface area contributed by atoms with Gasteiger partial charge >= 0.3 is 66.9 Å². The van der Waals surface area contributed by atoms with Gasteiger partial charge in [-0.2, -0.15) is 0 Å². The average Bonchev–Trinajstić information content (AvgIpc) is 1.14. The molecule has 0 aromatic heterocycles. The molecule has 0 bridgehead atoms. The van der Waals surface area contributed by atoms with Gasteiger partial charge in [-0.05, 0) is 0 Å². The molecule has 0 aromatic carbocycles. The van der Waals surface area contributed by atoms with Gasteiger partial charge in [0.05, 0.1) is 7.82 Å². The molecule has 0 aliphatic carbocycles. The number of halogens is 1. The SMILES string of the molecule is Cl.N.O=P([O-])([O-])OP(=O)(O)O.[Na+].[Na+]. The first kappa shape index (κ1) is 29.6. The third kappa shape index (κ3) is 31.4. The van der Waals surface area contributed by atoms with E-state index in [0.717, 1.165) is 0 Å². The van der Waals surface area contributed by atoms with E-state index in [1.54, 1.807) is 0 Å². The van der Waals surface area contributed by atoms with Crippen LogP contribution in [0, 0.1) is 0 Å². The fourth-order valence-electron chi connectivity index (χ4n) is 0.130. The van der Waals surface area contributed by atoms with Crippen LogP contribution >= 0.6 is 28.1 Å². The Morgan fingerprint density at radius 1 is 1.08 bits per heavy atom. The fourth-order valence-corrected chi connectivity index (χ4v) is 1.17. The summed E-state index contributed by atoms with van der Waals surface area (Å²) in [6.07, 6.45) is 0. The van der Waals surface area contributed by atoms with Crippen LogP contribution in [0.3, 0.4) is 0 Å². The Labute approximate surface area is 125 Å². The zero-order valence-corrected chi connectivity index (χ0v) is 13.6. The van der Waals surface area contributed by atoms with Crippen molar-refractivity contribution < 1.29 is 92.1 Å². The van der Waals surface area contributed by atoms with Crippen LogP contribution in [-0.4, -0.2) is 9.79 Å². The molecule has 5 N–H and O–H groups in total. The van der Waals surface area contributed by atoms with E-state index in [2.05, 4.69) is 4.31 Å². The smallest absolute Gasteiger partial charge is 0.789 e. The summed E-state index contributed by atoms with van der Waals surface area (Å²) in [5.74, 6) is 0. The zero-order valence-electron chi connectivity index (χ0n) is 6.95. The molecule has 0 saturated heterocycles. The second-order valence-electron chi connectivity index (χ2n) is 1.02. The molecular weight excluding hydrogens is 269 g/mol. The summed E-state index contributed by atoms with van der Waals surface area (Å²) in [6.45, 7) is 0. The summed E-state index contributed by atoms with van der Waals surface area (Å²) >= 11 is 0.